The summed E-state index contributed by atoms with van der Waals surface area (Å²) in [7, 11) is 0. The Hall–Kier alpha value is -0.670. The van der Waals surface area contributed by atoms with Crippen LogP contribution in [0.1, 0.15) is 5.56 Å². The molecule has 0 aliphatic carbocycles. The van der Waals surface area contributed by atoms with Crippen LogP contribution < -0.4 is 0 Å². The summed E-state index contributed by atoms with van der Waals surface area (Å²) in [6, 6.07) is 5.96. The van der Waals surface area contributed by atoms with Crippen LogP contribution in [0, 0.1) is 14.2 Å². The van der Waals surface area contributed by atoms with Gasteiger partial charge in [0.15, 0.2) is 0 Å². The third-order valence-electron chi connectivity index (χ3n) is 1.54. The first-order valence-electron chi connectivity index (χ1n) is 3.26. The molecule has 2 aromatic heterocycles. The van der Waals surface area contributed by atoms with Gasteiger partial charge in [0.25, 0.3) is 0 Å². The van der Waals surface area contributed by atoms with Crippen molar-refractivity contribution in [2.75, 3.05) is 0 Å². The predicted octanol–water partition coefficient (Wildman–Crippen LogP) is 2.77. The number of nitriles is 1. The molecule has 2 nitrogen and oxygen atoms in total. The van der Waals surface area contributed by atoms with E-state index in [2.05, 4.69) is 33.6 Å². The number of pyridine rings is 1. The number of hydrogen-bond acceptors (Lipinski definition) is 3. The molecule has 0 unspecified atom stereocenters. The van der Waals surface area contributed by atoms with E-state index < -0.39 is 0 Å². The highest BCUT2D eigenvalue weighted by molar-refractivity contribution is 14.1. The molecule has 0 bridgehead atoms. The molecular weight excluding hydrogens is 283 g/mol. The van der Waals surface area contributed by atoms with Gasteiger partial charge in [-0.3, -0.25) is 0 Å². The minimum absolute atomic E-state index is 0.753. The predicted molar refractivity (Wildman–Crippen MR) is 57.1 cm³/mol. The van der Waals surface area contributed by atoms with Gasteiger partial charge in [-0.25, -0.2) is 4.98 Å². The van der Waals surface area contributed by atoms with Crippen molar-refractivity contribution in [1.82, 2.24) is 4.98 Å². The van der Waals surface area contributed by atoms with Crippen molar-refractivity contribution in [3.05, 3.63) is 26.8 Å². The second-order valence-corrected chi connectivity index (χ2v) is 5.03. The third-order valence-corrected chi connectivity index (χ3v) is 3.64. The molecule has 58 valence electrons. The van der Waals surface area contributed by atoms with E-state index in [1.807, 2.05) is 12.1 Å². The first-order chi connectivity index (χ1) is 5.83. The fraction of sp³-hybridized carbons (Fsp3) is 0. The number of fused-ring (bicyclic) bond motifs is 1. The van der Waals surface area contributed by atoms with Crippen LogP contribution >= 0.6 is 33.9 Å². The maximum Gasteiger partial charge on any atom is 0.125 e. The number of hydrogen-bond donors (Lipinski definition) is 0. The summed E-state index contributed by atoms with van der Waals surface area (Å²) in [5.41, 5.74) is 0.753. The van der Waals surface area contributed by atoms with Crippen molar-refractivity contribution in [1.29, 1.82) is 5.26 Å². The van der Waals surface area contributed by atoms with E-state index in [0.717, 1.165) is 18.7 Å². The smallest absolute Gasteiger partial charge is 0.125 e. The van der Waals surface area contributed by atoms with Gasteiger partial charge in [0.1, 0.15) is 10.9 Å². The normalized spacial score (nSPS) is 10.0. The summed E-state index contributed by atoms with van der Waals surface area (Å²) in [4.78, 5) is 5.12. The molecule has 4 heteroatoms. The standard InChI is InChI=1S/C8H3IN2S/c9-7-6(4-10)5-2-1-3-11-8(5)12-7/h1-3H. The molecule has 2 heterocycles. The van der Waals surface area contributed by atoms with Crippen LogP contribution in [0.4, 0.5) is 0 Å². The first-order valence-corrected chi connectivity index (χ1v) is 5.15. The molecule has 0 aliphatic heterocycles. The van der Waals surface area contributed by atoms with Crippen molar-refractivity contribution in [3.8, 4) is 6.07 Å². The van der Waals surface area contributed by atoms with Crippen LogP contribution in [0.3, 0.4) is 0 Å². The van der Waals surface area contributed by atoms with Crippen molar-refractivity contribution in [2.24, 2.45) is 0 Å². The third kappa shape index (κ3) is 1.09. The molecule has 0 saturated carbocycles. The zero-order chi connectivity index (χ0) is 8.55. The molecule has 2 rings (SSSR count). The lowest BCUT2D eigenvalue weighted by atomic mass is 10.2. The second kappa shape index (κ2) is 2.99. The Kier molecular flexibility index (Phi) is 1.98. The van der Waals surface area contributed by atoms with Gasteiger partial charge < -0.3 is 0 Å². The number of halogens is 1. The lowest BCUT2D eigenvalue weighted by Gasteiger charge is -1.85. The maximum absolute atomic E-state index is 8.83. The topological polar surface area (TPSA) is 36.7 Å². The van der Waals surface area contributed by atoms with Crippen molar-refractivity contribution in [3.63, 3.8) is 0 Å². The molecule has 0 saturated heterocycles. The number of nitrogens with zero attached hydrogens (tertiary/aromatic N) is 2. The molecule has 0 amide bonds. The fourth-order valence-electron chi connectivity index (χ4n) is 1.01. The summed E-state index contributed by atoms with van der Waals surface area (Å²) in [6.45, 7) is 0. The highest BCUT2D eigenvalue weighted by Gasteiger charge is 2.08. The molecule has 0 aliphatic rings. The Labute approximate surface area is 87.0 Å². The maximum atomic E-state index is 8.83. The van der Waals surface area contributed by atoms with Gasteiger partial charge in [-0.2, -0.15) is 5.26 Å². The highest BCUT2D eigenvalue weighted by Crippen LogP contribution is 2.29. The number of rotatable bonds is 0. The Morgan fingerprint density at radius 2 is 2.42 bits per heavy atom. The fourth-order valence-corrected chi connectivity index (χ4v) is 2.87. The molecule has 0 N–H and O–H groups in total. The molecule has 0 spiro atoms. The highest BCUT2D eigenvalue weighted by atomic mass is 127. The minimum atomic E-state index is 0.753. The monoisotopic (exact) mass is 286 g/mol. The zero-order valence-electron chi connectivity index (χ0n) is 5.91. The van der Waals surface area contributed by atoms with Crippen LogP contribution in [0.25, 0.3) is 10.2 Å². The number of aromatic nitrogens is 1. The first kappa shape index (κ1) is 7.95. The van der Waals surface area contributed by atoms with Gasteiger partial charge in [-0.15, -0.1) is 11.3 Å². The quantitative estimate of drug-likeness (QED) is 0.698. The van der Waals surface area contributed by atoms with Gasteiger partial charge >= 0.3 is 0 Å². The summed E-state index contributed by atoms with van der Waals surface area (Å²) in [5.74, 6) is 0. The van der Waals surface area contributed by atoms with Gasteiger partial charge in [-0.05, 0) is 34.7 Å². The number of thiophene rings is 1. The zero-order valence-corrected chi connectivity index (χ0v) is 8.89. The van der Waals surface area contributed by atoms with E-state index in [-0.39, 0.29) is 0 Å². The molecule has 0 aromatic carbocycles. The largest absolute Gasteiger partial charge is 0.245 e. The SMILES string of the molecule is N#Cc1c(I)sc2ncccc12. The molecule has 2 aromatic rings. The van der Waals surface area contributed by atoms with Gasteiger partial charge in [0.05, 0.1) is 8.45 Å². The summed E-state index contributed by atoms with van der Waals surface area (Å²) in [5, 5.41) is 9.80. The van der Waals surface area contributed by atoms with Gasteiger partial charge in [0, 0.05) is 11.6 Å². The molecule has 0 radical (unpaired) electrons. The Morgan fingerprint density at radius 3 is 3.17 bits per heavy atom. The van der Waals surface area contributed by atoms with Crippen LogP contribution in [0.2, 0.25) is 0 Å². The summed E-state index contributed by atoms with van der Waals surface area (Å²) < 4.78 is 1.02. The average Bonchev–Trinajstić information content (AvgIpc) is 2.40. The second-order valence-electron chi connectivity index (χ2n) is 2.22. The van der Waals surface area contributed by atoms with Crippen LogP contribution in [0.15, 0.2) is 18.3 Å². The molecule has 12 heavy (non-hydrogen) atoms. The summed E-state index contributed by atoms with van der Waals surface area (Å²) >= 11 is 3.73. The van der Waals surface area contributed by atoms with E-state index in [0.29, 0.717) is 0 Å². The lowest BCUT2D eigenvalue weighted by molar-refractivity contribution is 1.44. The van der Waals surface area contributed by atoms with Gasteiger partial charge in [-0.1, -0.05) is 0 Å². The van der Waals surface area contributed by atoms with E-state index in [1.165, 1.54) is 0 Å². The Balaban J connectivity index is 2.93. The van der Waals surface area contributed by atoms with E-state index in [9.17, 15) is 0 Å². The Morgan fingerprint density at radius 1 is 1.58 bits per heavy atom. The molecule has 0 fully saturated rings. The minimum Gasteiger partial charge on any atom is -0.245 e. The van der Waals surface area contributed by atoms with Crippen molar-refractivity contribution in [2.45, 2.75) is 0 Å². The summed E-state index contributed by atoms with van der Waals surface area (Å²) in [6.07, 6.45) is 1.75. The average molecular weight is 286 g/mol. The van der Waals surface area contributed by atoms with Crippen molar-refractivity contribution >= 4 is 44.1 Å². The van der Waals surface area contributed by atoms with Crippen LogP contribution in [0.5, 0.6) is 0 Å². The van der Waals surface area contributed by atoms with E-state index in [1.54, 1.807) is 17.5 Å². The van der Waals surface area contributed by atoms with E-state index >= 15 is 0 Å². The van der Waals surface area contributed by atoms with E-state index in [4.69, 9.17) is 5.26 Å². The lowest BCUT2D eigenvalue weighted by Crippen LogP contribution is -1.73. The van der Waals surface area contributed by atoms with Crippen LogP contribution in [-0.4, -0.2) is 4.98 Å². The van der Waals surface area contributed by atoms with Crippen LogP contribution in [-0.2, 0) is 0 Å². The van der Waals surface area contributed by atoms with Crippen molar-refractivity contribution < 1.29 is 0 Å². The molecular formula is C8H3IN2S. The van der Waals surface area contributed by atoms with Gasteiger partial charge in [0.2, 0.25) is 0 Å². The molecule has 0 atom stereocenters. The Bertz CT molecular complexity index is 469.